The summed E-state index contributed by atoms with van der Waals surface area (Å²) in [5.74, 6) is -1.08. The lowest BCUT2D eigenvalue weighted by Crippen LogP contribution is -2.24. The van der Waals surface area contributed by atoms with Crippen LogP contribution >= 0.6 is 12.2 Å². The van der Waals surface area contributed by atoms with Crippen molar-refractivity contribution in [2.45, 2.75) is 6.92 Å². The molecule has 0 saturated carbocycles. The lowest BCUT2D eigenvalue weighted by molar-refractivity contribution is -0.135. The molecule has 7 nitrogen and oxygen atoms in total. The third-order valence-electron chi connectivity index (χ3n) is 2.86. The highest BCUT2D eigenvalue weighted by molar-refractivity contribution is 7.80. The molecule has 0 bridgehead atoms. The van der Waals surface area contributed by atoms with Crippen molar-refractivity contribution in [3.8, 4) is 5.75 Å². The zero-order chi connectivity index (χ0) is 16.3. The molecule has 0 aliphatic carbocycles. The fraction of sp³-hybridized carbons (Fsp3) is 0.143. The van der Waals surface area contributed by atoms with Crippen molar-refractivity contribution >= 4 is 34.9 Å². The number of methoxy groups -OCH3 is 1. The van der Waals surface area contributed by atoms with Crippen LogP contribution in [0.4, 0.5) is 0 Å². The number of phenolic OH excluding ortho intramolecular Hbond substituents is 1. The first-order chi connectivity index (χ1) is 10.4. The molecule has 1 fully saturated rings. The van der Waals surface area contributed by atoms with Crippen molar-refractivity contribution in [3.05, 3.63) is 41.6 Å². The summed E-state index contributed by atoms with van der Waals surface area (Å²) in [6.07, 6.45) is 1.02. The summed E-state index contributed by atoms with van der Waals surface area (Å²) in [6, 6.07) is 6.38. The number of carbonyl (C=O) groups is 2. The van der Waals surface area contributed by atoms with Gasteiger partial charge in [0.15, 0.2) is 0 Å². The van der Waals surface area contributed by atoms with Crippen LogP contribution in [0.5, 0.6) is 5.75 Å². The van der Waals surface area contributed by atoms with Crippen molar-refractivity contribution < 1.29 is 19.4 Å². The normalized spacial score (nSPS) is 16.9. The molecule has 1 aromatic rings. The lowest BCUT2D eigenvalue weighted by atomic mass is 10.1. The zero-order valence-electron chi connectivity index (χ0n) is 11.9. The van der Waals surface area contributed by atoms with Crippen LogP contribution in [0.2, 0.25) is 0 Å². The van der Waals surface area contributed by atoms with Gasteiger partial charge in [0, 0.05) is 0 Å². The quantitative estimate of drug-likeness (QED) is 0.372. The molecule has 2 N–H and O–H groups in total. The number of ether oxygens (including phenoxy) is 1. The van der Waals surface area contributed by atoms with Crippen molar-refractivity contribution in [2.75, 3.05) is 7.11 Å². The Morgan fingerprint density at radius 1 is 1.41 bits per heavy atom. The minimum Gasteiger partial charge on any atom is -0.508 e. The Balaban J connectivity index is 2.35. The lowest BCUT2D eigenvalue weighted by Gasteiger charge is -2.12. The molecule has 1 saturated heterocycles. The van der Waals surface area contributed by atoms with Crippen LogP contribution in [0.25, 0.3) is 0 Å². The summed E-state index contributed by atoms with van der Waals surface area (Å²) in [4.78, 5) is 23.1. The second-order valence-electron chi connectivity index (χ2n) is 4.36. The van der Waals surface area contributed by atoms with Gasteiger partial charge in [-0.15, -0.1) is 0 Å². The van der Waals surface area contributed by atoms with E-state index in [-0.39, 0.29) is 16.6 Å². The maximum atomic E-state index is 11.8. The van der Waals surface area contributed by atoms with Gasteiger partial charge in [-0.05, 0) is 49.0 Å². The number of hydrogen-bond donors (Lipinski definition) is 2. The number of carbonyl (C=O) groups excluding carboxylic acids is 2. The molecule has 0 atom stereocenters. The fourth-order valence-electron chi connectivity index (χ4n) is 1.73. The summed E-state index contributed by atoms with van der Waals surface area (Å²) in [5, 5.41) is 17.2. The maximum Gasteiger partial charge on any atom is 0.332 e. The minimum absolute atomic E-state index is 0.0185. The predicted molar refractivity (Wildman–Crippen MR) is 83.0 cm³/mol. The Hall–Kier alpha value is -2.74. The first-order valence-corrected chi connectivity index (χ1v) is 6.63. The molecule has 0 aromatic heterocycles. The van der Waals surface area contributed by atoms with Crippen LogP contribution in [0.3, 0.4) is 0 Å². The van der Waals surface area contributed by atoms with Gasteiger partial charge < -0.3 is 9.84 Å². The second-order valence-corrected chi connectivity index (χ2v) is 4.74. The standard InChI is InChI=1S/C14H13N3O4S/c1-8(9-3-5-10(18)6-4-9)16-17-11(7-12(19)21-2)13(20)15-14(17)22/h3-7,18H,1-2H3,(H,15,20,22)/b11-7+,16-8-. The van der Waals surface area contributed by atoms with Gasteiger partial charge in [0.2, 0.25) is 5.11 Å². The number of hydrazone groups is 1. The Morgan fingerprint density at radius 3 is 2.64 bits per heavy atom. The van der Waals surface area contributed by atoms with Gasteiger partial charge in [-0.1, -0.05) is 0 Å². The third kappa shape index (κ3) is 3.29. The Kier molecular flexibility index (Phi) is 4.52. The van der Waals surface area contributed by atoms with Gasteiger partial charge in [0.1, 0.15) is 11.4 Å². The molecule has 0 radical (unpaired) electrons. The Labute approximate surface area is 131 Å². The smallest absolute Gasteiger partial charge is 0.332 e. The predicted octanol–water partition coefficient (Wildman–Crippen LogP) is 0.890. The van der Waals surface area contributed by atoms with E-state index in [0.717, 1.165) is 16.6 Å². The van der Waals surface area contributed by atoms with Crippen molar-refractivity contribution in [1.29, 1.82) is 0 Å². The van der Waals surface area contributed by atoms with Gasteiger partial charge in [-0.3, -0.25) is 10.1 Å². The molecule has 0 spiro atoms. The van der Waals surface area contributed by atoms with E-state index in [2.05, 4.69) is 15.2 Å². The average Bonchev–Trinajstić information content (AvgIpc) is 2.74. The maximum absolute atomic E-state index is 11.8. The van der Waals surface area contributed by atoms with Crippen LogP contribution in [0, 0.1) is 0 Å². The van der Waals surface area contributed by atoms with E-state index in [9.17, 15) is 14.7 Å². The molecule has 1 amide bonds. The number of amides is 1. The number of thiocarbonyl (C=S) groups is 1. The van der Waals surface area contributed by atoms with Crippen molar-refractivity contribution in [3.63, 3.8) is 0 Å². The first kappa shape index (κ1) is 15.6. The highest BCUT2D eigenvalue weighted by atomic mass is 32.1. The molecule has 1 aromatic carbocycles. The van der Waals surface area contributed by atoms with E-state index in [1.807, 2.05) is 0 Å². The molecule has 22 heavy (non-hydrogen) atoms. The Bertz CT molecular complexity index is 695. The molecule has 0 unspecified atom stereocenters. The SMILES string of the molecule is COC(=O)/C=C1\C(=O)NC(=S)N1/N=C(/C)c1ccc(O)cc1. The molecule has 1 aliphatic rings. The number of aromatic hydroxyl groups is 1. The van der Waals surface area contributed by atoms with Gasteiger partial charge >= 0.3 is 5.97 Å². The summed E-state index contributed by atoms with van der Waals surface area (Å²) in [7, 11) is 1.21. The third-order valence-corrected chi connectivity index (χ3v) is 3.14. The van der Waals surface area contributed by atoms with Gasteiger partial charge in [-0.25, -0.2) is 9.80 Å². The van der Waals surface area contributed by atoms with Crippen molar-refractivity contribution in [2.24, 2.45) is 5.10 Å². The number of benzene rings is 1. The fourth-order valence-corrected chi connectivity index (χ4v) is 1.96. The van der Waals surface area contributed by atoms with Crippen LogP contribution in [-0.2, 0) is 14.3 Å². The van der Waals surface area contributed by atoms with Gasteiger partial charge in [-0.2, -0.15) is 5.10 Å². The largest absolute Gasteiger partial charge is 0.508 e. The number of nitrogens with zero attached hydrogens (tertiary/aromatic N) is 2. The topological polar surface area (TPSA) is 91.2 Å². The number of esters is 1. The van der Waals surface area contributed by atoms with E-state index >= 15 is 0 Å². The summed E-state index contributed by atoms with van der Waals surface area (Å²) in [6.45, 7) is 1.72. The molecule has 8 heteroatoms. The molecule has 1 aliphatic heterocycles. The summed E-state index contributed by atoms with van der Waals surface area (Å²) in [5.41, 5.74) is 1.27. The van der Waals surface area contributed by atoms with E-state index in [1.54, 1.807) is 19.1 Å². The molecule has 114 valence electrons. The highest BCUT2D eigenvalue weighted by Crippen LogP contribution is 2.16. The van der Waals surface area contributed by atoms with E-state index in [1.165, 1.54) is 19.2 Å². The highest BCUT2D eigenvalue weighted by Gasteiger charge is 2.31. The minimum atomic E-state index is -0.683. The molecular weight excluding hydrogens is 306 g/mol. The van der Waals surface area contributed by atoms with Gasteiger partial charge in [0.05, 0.1) is 18.9 Å². The zero-order valence-corrected chi connectivity index (χ0v) is 12.7. The van der Waals surface area contributed by atoms with E-state index < -0.39 is 11.9 Å². The monoisotopic (exact) mass is 319 g/mol. The molecular formula is C14H13N3O4S. The first-order valence-electron chi connectivity index (χ1n) is 6.22. The number of rotatable bonds is 3. The molecule has 2 rings (SSSR count). The number of phenols is 1. The van der Waals surface area contributed by atoms with Gasteiger partial charge in [0.25, 0.3) is 5.91 Å². The summed E-state index contributed by atoms with van der Waals surface area (Å²) >= 11 is 5.03. The number of nitrogens with one attached hydrogen (secondary N) is 1. The number of hydrogen-bond acceptors (Lipinski definition) is 6. The van der Waals surface area contributed by atoms with Crippen LogP contribution in [-0.4, -0.2) is 39.9 Å². The van der Waals surface area contributed by atoms with Crippen LogP contribution in [0.15, 0.2) is 41.1 Å². The van der Waals surface area contributed by atoms with Crippen molar-refractivity contribution in [1.82, 2.24) is 10.3 Å². The average molecular weight is 319 g/mol. The second kappa shape index (κ2) is 6.35. The van der Waals surface area contributed by atoms with E-state index in [4.69, 9.17) is 12.2 Å². The van der Waals surface area contributed by atoms with Crippen LogP contribution in [0.1, 0.15) is 12.5 Å². The molecule has 1 heterocycles. The Morgan fingerprint density at radius 2 is 2.05 bits per heavy atom. The summed E-state index contributed by atoms with van der Waals surface area (Å²) < 4.78 is 4.51. The van der Waals surface area contributed by atoms with Crippen LogP contribution < -0.4 is 5.32 Å². The van der Waals surface area contributed by atoms with E-state index in [0.29, 0.717) is 5.71 Å².